The van der Waals surface area contributed by atoms with E-state index in [9.17, 15) is 0 Å². The molecular formula is C12H14BrNS. The van der Waals surface area contributed by atoms with Gasteiger partial charge in [-0.2, -0.15) is 5.26 Å². The fraction of sp³-hybridized carbons (Fsp3) is 0.417. The first kappa shape index (κ1) is 12.6. The number of benzene rings is 1. The fourth-order valence-corrected chi connectivity index (χ4v) is 2.87. The normalized spacial score (nSPS) is 11.1. The molecule has 0 aliphatic carbocycles. The van der Waals surface area contributed by atoms with Crippen molar-refractivity contribution < 1.29 is 0 Å². The minimum Gasteiger partial charge on any atom is -0.198 e. The lowest BCUT2D eigenvalue weighted by Crippen LogP contribution is -2.08. The van der Waals surface area contributed by atoms with Crippen LogP contribution in [0.15, 0.2) is 33.6 Å². The van der Waals surface area contributed by atoms with Crippen LogP contribution in [0.3, 0.4) is 0 Å². The van der Waals surface area contributed by atoms with Gasteiger partial charge in [0.25, 0.3) is 0 Å². The van der Waals surface area contributed by atoms with Crippen molar-refractivity contribution in [3.8, 4) is 6.07 Å². The molecule has 0 saturated heterocycles. The Hall–Kier alpha value is -0.460. The van der Waals surface area contributed by atoms with Crippen molar-refractivity contribution in [2.24, 2.45) is 5.41 Å². The molecular weight excluding hydrogens is 270 g/mol. The summed E-state index contributed by atoms with van der Waals surface area (Å²) in [7, 11) is 0. The summed E-state index contributed by atoms with van der Waals surface area (Å²) in [6, 6.07) is 10.5. The van der Waals surface area contributed by atoms with E-state index in [0.717, 1.165) is 16.6 Å². The molecule has 0 aliphatic rings. The highest BCUT2D eigenvalue weighted by Crippen LogP contribution is 2.30. The fourth-order valence-electron chi connectivity index (χ4n) is 1.03. The van der Waals surface area contributed by atoms with Gasteiger partial charge < -0.3 is 0 Å². The molecule has 15 heavy (non-hydrogen) atoms. The number of nitrogens with zero attached hydrogens (tertiary/aromatic N) is 1. The highest BCUT2D eigenvalue weighted by atomic mass is 79.9. The summed E-state index contributed by atoms with van der Waals surface area (Å²) < 4.78 is 1.13. The Labute approximate surface area is 104 Å². The van der Waals surface area contributed by atoms with Crippen LogP contribution in [0.1, 0.15) is 20.3 Å². The van der Waals surface area contributed by atoms with Crippen LogP contribution in [-0.4, -0.2) is 5.75 Å². The Morgan fingerprint density at radius 3 is 2.67 bits per heavy atom. The summed E-state index contributed by atoms with van der Waals surface area (Å²) >= 11 is 5.30. The number of rotatable bonds is 4. The molecule has 0 unspecified atom stereocenters. The van der Waals surface area contributed by atoms with Crippen molar-refractivity contribution >= 4 is 27.7 Å². The van der Waals surface area contributed by atoms with Crippen LogP contribution >= 0.6 is 27.7 Å². The molecule has 0 N–H and O–H groups in total. The molecule has 0 radical (unpaired) electrons. The third-order valence-corrected chi connectivity index (χ3v) is 4.15. The summed E-state index contributed by atoms with van der Waals surface area (Å²) in [4.78, 5) is 1.24. The Morgan fingerprint density at radius 1 is 1.40 bits per heavy atom. The van der Waals surface area contributed by atoms with Gasteiger partial charge in [0.05, 0.1) is 11.5 Å². The maximum absolute atomic E-state index is 8.88. The predicted molar refractivity (Wildman–Crippen MR) is 68.9 cm³/mol. The number of nitriles is 1. The molecule has 1 aromatic carbocycles. The minimum absolute atomic E-state index is 0.214. The average Bonchev–Trinajstić information content (AvgIpc) is 2.21. The zero-order valence-corrected chi connectivity index (χ0v) is 11.4. The van der Waals surface area contributed by atoms with Crippen molar-refractivity contribution in [2.75, 3.05) is 5.75 Å². The van der Waals surface area contributed by atoms with Crippen LogP contribution in [0.2, 0.25) is 0 Å². The third-order valence-electron chi connectivity index (χ3n) is 2.12. The van der Waals surface area contributed by atoms with Crippen LogP contribution in [0, 0.1) is 16.7 Å². The monoisotopic (exact) mass is 283 g/mol. The van der Waals surface area contributed by atoms with E-state index in [2.05, 4.69) is 28.1 Å². The largest absolute Gasteiger partial charge is 0.198 e. The van der Waals surface area contributed by atoms with E-state index >= 15 is 0 Å². The van der Waals surface area contributed by atoms with Gasteiger partial charge in [0.1, 0.15) is 0 Å². The first-order valence-corrected chi connectivity index (χ1v) is 6.61. The van der Waals surface area contributed by atoms with E-state index in [1.165, 1.54) is 4.90 Å². The summed E-state index contributed by atoms with van der Waals surface area (Å²) in [6.07, 6.45) is 0.912. The zero-order valence-electron chi connectivity index (χ0n) is 8.96. The number of hydrogen-bond acceptors (Lipinski definition) is 2. The van der Waals surface area contributed by atoms with Gasteiger partial charge in [0, 0.05) is 9.37 Å². The lowest BCUT2D eigenvalue weighted by molar-refractivity contribution is 0.482. The van der Waals surface area contributed by atoms with Crippen LogP contribution in [0.4, 0.5) is 0 Å². The molecule has 80 valence electrons. The number of halogens is 1. The van der Waals surface area contributed by atoms with E-state index in [4.69, 9.17) is 5.26 Å². The van der Waals surface area contributed by atoms with Gasteiger partial charge in [-0.3, -0.25) is 0 Å². The lowest BCUT2D eigenvalue weighted by Gasteiger charge is -2.14. The van der Waals surface area contributed by atoms with Crippen molar-refractivity contribution in [3.63, 3.8) is 0 Å². The maximum atomic E-state index is 8.88. The van der Waals surface area contributed by atoms with E-state index < -0.39 is 0 Å². The number of hydrogen-bond donors (Lipinski definition) is 0. The van der Waals surface area contributed by atoms with E-state index in [1.54, 1.807) is 11.8 Å². The summed E-state index contributed by atoms with van der Waals surface area (Å²) in [6.45, 7) is 3.96. The summed E-state index contributed by atoms with van der Waals surface area (Å²) in [5.41, 5.74) is -0.214. The predicted octanol–water partition coefficient (Wildman–Crippen LogP) is 4.48. The second kappa shape index (κ2) is 5.58. The Morgan fingerprint density at radius 2 is 2.07 bits per heavy atom. The second-order valence-electron chi connectivity index (χ2n) is 4.02. The molecule has 0 atom stereocenters. The van der Waals surface area contributed by atoms with Gasteiger partial charge in [-0.25, -0.2) is 0 Å². The van der Waals surface area contributed by atoms with Crippen LogP contribution in [0.5, 0.6) is 0 Å². The second-order valence-corrected chi connectivity index (χ2v) is 6.02. The highest BCUT2D eigenvalue weighted by Gasteiger charge is 2.16. The molecule has 0 spiro atoms. The average molecular weight is 284 g/mol. The zero-order chi connectivity index (χ0) is 11.3. The molecule has 1 rings (SSSR count). The molecule has 3 heteroatoms. The molecule has 0 saturated carbocycles. The van der Waals surface area contributed by atoms with Crippen molar-refractivity contribution in [1.29, 1.82) is 5.26 Å². The molecule has 0 amide bonds. The molecule has 0 aliphatic heterocycles. The molecule has 0 aromatic heterocycles. The van der Waals surface area contributed by atoms with Crippen LogP contribution in [0.25, 0.3) is 0 Å². The Balaban J connectivity index is 2.46. The van der Waals surface area contributed by atoms with Gasteiger partial charge in [0.15, 0.2) is 0 Å². The summed E-state index contributed by atoms with van der Waals surface area (Å²) in [5, 5.41) is 8.88. The molecule has 1 aromatic rings. The lowest BCUT2D eigenvalue weighted by atomic mass is 9.93. The van der Waals surface area contributed by atoms with Crippen LogP contribution < -0.4 is 0 Å². The van der Waals surface area contributed by atoms with Gasteiger partial charge >= 0.3 is 0 Å². The van der Waals surface area contributed by atoms with E-state index in [-0.39, 0.29) is 5.41 Å². The maximum Gasteiger partial charge on any atom is 0.0684 e. The van der Waals surface area contributed by atoms with E-state index in [0.29, 0.717) is 0 Å². The van der Waals surface area contributed by atoms with Gasteiger partial charge in [-0.15, -0.1) is 11.8 Å². The molecule has 0 heterocycles. The Kier molecular flexibility index (Phi) is 4.69. The SMILES string of the molecule is CC(C)(C#N)CCSc1ccccc1Br. The standard InChI is InChI=1S/C12H14BrNS/c1-12(2,9-14)7-8-15-11-6-4-3-5-10(11)13/h3-6H,7-8H2,1-2H3. The number of thioether (sulfide) groups is 1. The quantitative estimate of drug-likeness (QED) is 0.761. The molecule has 1 nitrogen and oxygen atoms in total. The van der Waals surface area contributed by atoms with Crippen molar-refractivity contribution in [3.05, 3.63) is 28.7 Å². The minimum atomic E-state index is -0.214. The topological polar surface area (TPSA) is 23.8 Å². The van der Waals surface area contributed by atoms with Crippen LogP contribution in [-0.2, 0) is 0 Å². The first-order valence-electron chi connectivity index (χ1n) is 4.84. The Bertz CT molecular complexity index is 368. The summed E-state index contributed by atoms with van der Waals surface area (Å²) in [5.74, 6) is 0.975. The van der Waals surface area contributed by atoms with Crippen molar-refractivity contribution in [1.82, 2.24) is 0 Å². The van der Waals surface area contributed by atoms with Gasteiger partial charge in [-0.1, -0.05) is 12.1 Å². The molecule has 0 fully saturated rings. The van der Waals surface area contributed by atoms with Gasteiger partial charge in [0.2, 0.25) is 0 Å². The smallest absolute Gasteiger partial charge is 0.0684 e. The van der Waals surface area contributed by atoms with Gasteiger partial charge in [-0.05, 0) is 54.1 Å². The third kappa shape index (κ3) is 4.27. The first-order chi connectivity index (χ1) is 7.05. The van der Waals surface area contributed by atoms with E-state index in [1.807, 2.05) is 32.0 Å². The van der Waals surface area contributed by atoms with Crippen molar-refractivity contribution in [2.45, 2.75) is 25.2 Å². The highest BCUT2D eigenvalue weighted by molar-refractivity contribution is 9.10. The molecule has 0 bridgehead atoms.